The van der Waals surface area contributed by atoms with Gasteiger partial charge >= 0.3 is 0 Å². The first-order chi connectivity index (χ1) is 6.99. The van der Waals surface area contributed by atoms with E-state index in [1.54, 1.807) is 0 Å². The van der Waals surface area contributed by atoms with E-state index in [-0.39, 0.29) is 0 Å². The number of rotatable bonds is 4. The predicted octanol–water partition coefficient (Wildman–Crippen LogP) is 3.90. The minimum absolute atomic E-state index is 0.470. The Morgan fingerprint density at radius 3 is 2.60 bits per heavy atom. The Kier molecular flexibility index (Phi) is 4.80. The van der Waals surface area contributed by atoms with E-state index in [9.17, 15) is 0 Å². The summed E-state index contributed by atoms with van der Waals surface area (Å²) in [5.41, 5.74) is 1.18. The average molecular weight is 242 g/mol. The smallest absolute Gasteiger partial charge is 0.130 e. The van der Waals surface area contributed by atoms with Crippen LogP contribution >= 0.6 is 24.0 Å². The third kappa shape index (κ3) is 4.34. The Morgan fingerprint density at radius 1 is 1.40 bits per heavy atom. The molecule has 0 aliphatic carbocycles. The lowest BCUT2D eigenvalue weighted by molar-refractivity contribution is 0.796. The first kappa shape index (κ1) is 12.7. The maximum absolute atomic E-state index is 5.15. The van der Waals surface area contributed by atoms with E-state index in [2.05, 4.69) is 37.7 Å². The second-order valence-corrected chi connectivity index (χ2v) is 6.12. The molecule has 1 aromatic heterocycles. The van der Waals surface area contributed by atoms with Crippen molar-refractivity contribution in [3.8, 4) is 0 Å². The molecule has 0 radical (unpaired) electrons. The molecule has 15 heavy (non-hydrogen) atoms. The Morgan fingerprint density at radius 2 is 2.07 bits per heavy atom. The van der Waals surface area contributed by atoms with Gasteiger partial charge in [0.15, 0.2) is 0 Å². The monoisotopic (exact) mass is 242 g/mol. The molecule has 84 valence electrons. The third-order valence-corrected chi connectivity index (χ3v) is 3.30. The summed E-state index contributed by atoms with van der Waals surface area (Å²) in [5.74, 6) is 2.37. The van der Waals surface area contributed by atoms with E-state index in [0.29, 0.717) is 15.8 Å². The third-order valence-electron chi connectivity index (χ3n) is 1.99. The summed E-state index contributed by atoms with van der Waals surface area (Å²) in [7, 11) is 0. The van der Waals surface area contributed by atoms with Crippen LogP contribution in [0.2, 0.25) is 0 Å². The average Bonchev–Trinajstić information content (AvgIpc) is 2.13. The Hall–Kier alpha value is -0.350. The van der Waals surface area contributed by atoms with Gasteiger partial charge in [-0.05, 0) is 17.2 Å². The molecule has 0 aromatic carbocycles. The van der Waals surface area contributed by atoms with E-state index >= 15 is 0 Å². The van der Waals surface area contributed by atoms with E-state index < -0.39 is 0 Å². The normalized spacial score (nSPS) is 11.3. The SMILES string of the molecule is CC(C)SCc1nc(=S)cc(C(C)C)[nH]1. The zero-order valence-electron chi connectivity index (χ0n) is 9.70. The molecule has 4 heteroatoms. The van der Waals surface area contributed by atoms with Crippen molar-refractivity contribution in [2.24, 2.45) is 0 Å². The first-order valence-electron chi connectivity index (χ1n) is 5.20. The Bertz CT molecular complexity index is 369. The van der Waals surface area contributed by atoms with Gasteiger partial charge in [0.05, 0.1) is 5.75 Å². The zero-order chi connectivity index (χ0) is 11.4. The zero-order valence-corrected chi connectivity index (χ0v) is 11.3. The molecule has 0 saturated carbocycles. The van der Waals surface area contributed by atoms with Crippen LogP contribution in [0.4, 0.5) is 0 Å². The highest BCUT2D eigenvalue weighted by molar-refractivity contribution is 7.99. The molecule has 2 nitrogen and oxygen atoms in total. The topological polar surface area (TPSA) is 28.7 Å². The van der Waals surface area contributed by atoms with Crippen molar-refractivity contribution in [1.29, 1.82) is 0 Å². The number of thioether (sulfide) groups is 1. The van der Waals surface area contributed by atoms with Crippen LogP contribution in [0.3, 0.4) is 0 Å². The minimum atomic E-state index is 0.470. The van der Waals surface area contributed by atoms with Gasteiger partial charge in [0, 0.05) is 5.69 Å². The summed E-state index contributed by atoms with van der Waals surface area (Å²) in [6, 6.07) is 1.95. The van der Waals surface area contributed by atoms with Gasteiger partial charge in [0.25, 0.3) is 0 Å². The fraction of sp³-hybridized carbons (Fsp3) is 0.636. The van der Waals surface area contributed by atoms with Crippen LogP contribution in [0.25, 0.3) is 0 Å². The first-order valence-corrected chi connectivity index (χ1v) is 6.66. The lowest BCUT2D eigenvalue weighted by Crippen LogP contribution is -2.01. The number of nitrogens with zero attached hydrogens (tertiary/aromatic N) is 1. The number of hydrogen-bond donors (Lipinski definition) is 1. The summed E-state index contributed by atoms with van der Waals surface area (Å²) < 4.78 is 0.691. The molecular formula is C11H18N2S2. The lowest BCUT2D eigenvalue weighted by atomic mass is 10.1. The highest BCUT2D eigenvalue weighted by atomic mass is 32.2. The molecule has 0 bridgehead atoms. The van der Waals surface area contributed by atoms with Gasteiger partial charge in [-0.3, -0.25) is 0 Å². The highest BCUT2D eigenvalue weighted by Gasteiger charge is 2.04. The quantitative estimate of drug-likeness (QED) is 0.812. The second kappa shape index (κ2) is 5.66. The fourth-order valence-corrected chi connectivity index (χ4v) is 2.02. The fourth-order valence-electron chi connectivity index (χ4n) is 1.15. The van der Waals surface area contributed by atoms with Crippen molar-refractivity contribution in [2.75, 3.05) is 0 Å². The maximum atomic E-state index is 5.15. The molecule has 0 saturated heterocycles. The highest BCUT2D eigenvalue weighted by Crippen LogP contribution is 2.17. The molecule has 0 amide bonds. The number of H-pyrrole nitrogens is 1. The second-order valence-electron chi connectivity index (χ2n) is 4.14. The lowest BCUT2D eigenvalue weighted by Gasteiger charge is -2.09. The molecule has 0 fully saturated rings. The standard InChI is InChI=1S/C11H18N2S2/c1-7(2)9-5-11(14)13-10(12-9)6-15-8(3)4/h5,7-8H,6H2,1-4H3,(H,12,13,14). The van der Waals surface area contributed by atoms with Crippen LogP contribution in [0.15, 0.2) is 6.07 Å². The van der Waals surface area contributed by atoms with Crippen molar-refractivity contribution in [1.82, 2.24) is 9.97 Å². The molecule has 1 aromatic rings. The van der Waals surface area contributed by atoms with Crippen LogP contribution in [0.5, 0.6) is 0 Å². The largest absolute Gasteiger partial charge is 0.346 e. The molecular weight excluding hydrogens is 224 g/mol. The van der Waals surface area contributed by atoms with Crippen molar-refractivity contribution in [2.45, 2.75) is 44.6 Å². The van der Waals surface area contributed by atoms with Crippen LogP contribution in [0, 0.1) is 4.64 Å². The molecule has 0 spiro atoms. The number of nitrogens with one attached hydrogen (secondary N) is 1. The molecule has 1 heterocycles. The summed E-state index contributed by atoms with van der Waals surface area (Å²) in [4.78, 5) is 7.67. The van der Waals surface area contributed by atoms with E-state index in [4.69, 9.17) is 12.2 Å². The van der Waals surface area contributed by atoms with Crippen LogP contribution in [0.1, 0.15) is 45.1 Å². The van der Waals surface area contributed by atoms with Crippen molar-refractivity contribution in [3.05, 3.63) is 22.2 Å². The summed E-state index contributed by atoms with van der Waals surface area (Å²) >= 11 is 7.02. The van der Waals surface area contributed by atoms with Gasteiger partial charge in [-0.2, -0.15) is 11.8 Å². The van der Waals surface area contributed by atoms with E-state index in [1.165, 1.54) is 5.69 Å². The molecule has 0 unspecified atom stereocenters. The van der Waals surface area contributed by atoms with Crippen LogP contribution in [-0.2, 0) is 5.75 Å². The molecule has 1 rings (SSSR count). The number of aromatic amines is 1. The predicted molar refractivity (Wildman–Crippen MR) is 69.9 cm³/mol. The maximum Gasteiger partial charge on any atom is 0.130 e. The summed E-state index contributed by atoms with van der Waals surface area (Å²) in [5, 5.41) is 0.622. The molecule has 0 aliphatic heterocycles. The van der Waals surface area contributed by atoms with Gasteiger partial charge in [-0.15, -0.1) is 0 Å². The van der Waals surface area contributed by atoms with Crippen molar-refractivity contribution >= 4 is 24.0 Å². The number of hydrogen-bond acceptors (Lipinski definition) is 3. The summed E-state index contributed by atoms with van der Waals surface area (Å²) in [6.45, 7) is 8.68. The van der Waals surface area contributed by atoms with E-state index in [1.807, 2.05) is 17.8 Å². The van der Waals surface area contributed by atoms with Gasteiger partial charge in [-0.1, -0.05) is 39.9 Å². The number of aromatic nitrogens is 2. The molecule has 0 aliphatic rings. The van der Waals surface area contributed by atoms with Crippen LogP contribution < -0.4 is 0 Å². The molecule has 0 atom stereocenters. The minimum Gasteiger partial charge on any atom is -0.346 e. The summed E-state index contributed by atoms with van der Waals surface area (Å²) in [6.07, 6.45) is 0. The van der Waals surface area contributed by atoms with Crippen molar-refractivity contribution < 1.29 is 0 Å². The Balaban J connectivity index is 2.84. The van der Waals surface area contributed by atoms with E-state index in [0.717, 1.165) is 11.6 Å². The van der Waals surface area contributed by atoms with Gasteiger partial charge < -0.3 is 4.98 Å². The van der Waals surface area contributed by atoms with Crippen molar-refractivity contribution in [3.63, 3.8) is 0 Å². The molecule has 1 N–H and O–H groups in total. The van der Waals surface area contributed by atoms with Gasteiger partial charge in [0.1, 0.15) is 10.5 Å². The Labute approximate surface area is 101 Å². The van der Waals surface area contributed by atoms with Gasteiger partial charge in [0.2, 0.25) is 0 Å². The van der Waals surface area contributed by atoms with Gasteiger partial charge in [-0.25, -0.2) is 4.98 Å². The van der Waals surface area contributed by atoms with Crippen LogP contribution in [-0.4, -0.2) is 15.2 Å².